The third-order valence-electron chi connectivity index (χ3n) is 3.97. The highest BCUT2D eigenvalue weighted by atomic mass is 16.1. The molecule has 0 aliphatic carbocycles. The van der Waals surface area contributed by atoms with E-state index in [4.69, 9.17) is 0 Å². The lowest BCUT2D eigenvalue weighted by molar-refractivity contribution is -0.120. The quantitative estimate of drug-likeness (QED) is 0.768. The van der Waals surface area contributed by atoms with Crippen LogP contribution in [0.25, 0.3) is 10.9 Å². The molecule has 1 aromatic heterocycles. The van der Waals surface area contributed by atoms with E-state index in [1.807, 2.05) is 6.07 Å². The van der Waals surface area contributed by atoms with Gasteiger partial charge < -0.3 is 9.88 Å². The lowest BCUT2D eigenvalue weighted by Crippen LogP contribution is -2.17. The molecule has 1 N–H and O–H groups in total. The van der Waals surface area contributed by atoms with Crippen LogP contribution in [0.3, 0.4) is 0 Å². The normalized spacial score (nSPS) is 10.8. The van der Waals surface area contributed by atoms with Gasteiger partial charge in [0.15, 0.2) is 0 Å². The molecule has 22 heavy (non-hydrogen) atoms. The van der Waals surface area contributed by atoms with Crippen LogP contribution in [-0.2, 0) is 17.8 Å². The van der Waals surface area contributed by atoms with Gasteiger partial charge in [0.05, 0.1) is 0 Å². The maximum absolute atomic E-state index is 11.5. The van der Waals surface area contributed by atoms with Gasteiger partial charge in [0.1, 0.15) is 0 Å². The van der Waals surface area contributed by atoms with E-state index in [0.29, 0.717) is 6.42 Å². The van der Waals surface area contributed by atoms with Crippen LogP contribution in [-0.4, -0.2) is 17.5 Å². The van der Waals surface area contributed by atoms with Crippen molar-refractivity contribution in [2.75, 3.05) is 7.05 Å². The van der Waals surface area contributed by atoms with Crippen LogP contribution in [0.5, 0.6) is 0 Å². The van der Waals surface area contributed by atoms with Crippen molar-refractivity contribution in [3.05, 3.63) is 71.9 Å². The number of nitrogens with zero attached hydrogens (tertiary/aromatic N) is 1. The summed E-state index contributed by atoms with van der Waals surface area (Å²) in [5.74, 6) is 0.0832. The second-order valence-electron chi connectivity index (χ2n) is 5.46. The van der Waals surface area contributed by atoms with Gasteiger partial charge in [-0.3, -0.25) is 4.79 Å². The summed E-state index contributed by atoms with van der Waals surface area (Å²) >= 11 is 0. The first-order chi connectivity index (χ1) is 10.8. The van der Waals surface area contributed by atoms with Gasteiger partial charge >= 0.3 is 0 Å². The molecule has 112 valence electrons. The van der Waals surface area contributed by atoms with Crippen LogP contribution in [0.2, 0.25) is 0 Å². The zero-order valence-electron chi connectivity index (χ0n) is 12.8. The van der Waals surface area contributed by atoms with Gasteiger partial charge in [-0.05, 0) is 23.6 Å². The first kappa shape index (κ1) is 14.4. The molecule has 0 aliphatic heterocycles. The molecule has 3 nitrogen and oxygen atoms in total. The Morgan fingerprint density at radius 1 is 1.05 bits per heavy atom. The third kappa shape index (κ3) is 3.03. The fraction of sp³-hybridized carbons (Fsp3) is 0.211. The lowest BCUT2D eigenvalue weighted by Gasteiger charge is -2.05. The van der Waals surface area contributed by atoms with Gasteiger partial charge in [-0.25, -0.2) is 0 Å². The molecule has 3 heteroatoms. The number of fused-ring (bicyclic) bond motifs is 1. The Kier molecular flexibility index (Phi) is 4.24. The van der Waals surface area contributed by atoms with E-state index < -0.39 is 0 Å². The molecule has 3 aromatic rings. The minimum Gasteiger partial charge on any atom is -0.359 e. The number of rotatable bonds is 5. The smallest absolute Gasteiger partial charge is 0.220 e. The number of carbonyl (C=O) groups is 1. The van der Waals surface area contributed by atoms with Crippen molar-refractivity contribution in [2.24, 2.45) is 0 Å². The Hall–Kier alpha value is -2.55. The summed E-state index contributed by atoms with van der Waals surface area (Å²) in [7, 11) is 1.68. The molecule has 0 aliphatic rings. The predicted molar refractivity (Wildman–Crippen MR) is 89.9 cm³/mol. The summed E-state index contributed by atoms with van der Waals surface area (Å²) in [6, 6.07) is 18.8. The van der Waals surface area contributed by atoms with Gasteiger partial charge in [-0.15, -0.1) is 0 Å². The van der Waals surface area contributed by atoms with Crippen molar-refractivity contribution in [3.63, 3.8) is 0 Å². The second-order valence-corrected chi connectivity index (χ2v) is 5.46. The van der Waals surface area contributed by atoms with Gasteiger partial charge in [-0.1, -0.05) is 48.5 Å². The van der Waals surface area contributed by atoms with Crippen LogP contribution in [0, 0.1) is 0 Å². The van der Waals surface area contributed by atoms with Gasteiger partial charge in [0, 0.05) is 37.1 Å². The zero-order chi connectivity index (χ0) is 15.4. The van der Waals surface area contributed by atoms with Gasteiger partial charge in [0.25, 0.3) is 0 Å². The Morgan fingerprint density at radius 3 is 2.55 bits per heavy atom. The molecule has 3 rings (SSSR count). The maximum Gasteiger partial charge on any atom is 0.220 e. The van der Waals surface area contributed by atoms with Gasteiger partial charge in [0.2, 0.25) is 5.91 Å². The maximum atomic E-state index is 11.5. The highest BCUT2D eigenvalue weighted by Gasteiger charge is 2.09. The van der Waals surface area contributed by atoms with E-state index in [9.17, 15) is 4.79 Å². The highest BCUT2D eigenvalue weighted by molar-refractivity contribution is 5.85. The van der Waals surface area contributed by atoms with Crippen LogP contribution < -0.4 is 5.32 Å². The molecule has 0 atom stereocenters. The number of aromatic nitrogens is 1. The summed E-state index contributed by atoms with van der Waals surface area (Å²) in [5.41, 5.74) is 3.73. The third-order valence-corrected chi connectivity index (χ3v) is 3.97. The van der Waals surface area contributed by atoms with Crippen molar-refractivity contribution in [1.82, 2.24) is 9.88 Å². The van der Waals surface area contributed by atoms with Crippen LogP contribution in [0.1, 0.15) is 17.5 Å². The molecule has 0 spiro atoms. The molecule has 0 bridgehead atoms. The standard InChI is InChI=1S/C19H20N2O/c1-20-19(22)12-11-16-14-21(13-15-7-3-2-4-8-15)18-10-6-5-9-17(16)18/h2-10,14H,11-13H2,1H3,(H,20,22). The van der Waals surface area contributed by atoms with Gasteiger partial charge in [-0.2, -0.15) is 0 Å². The molecule has 0 saturated carbocycles. The highest BCUT2D eigenvalue weighted by Crippen LogP contribution is 2.23. The molecule has 1 amide bonds. The predicted octanol–water partition coefficient (Wildman–Crippen LogP) is 3.37. The topological polar surface area (TPSA) is 34.0 Å². The van der Waals surface area contributed by atoms with Crippen molar-refractivity contribution in [3.8, 4) is 0 Å². The van der Waals surface area contributed by atoms with E-state index >= 15 is 0 Å². The summed E-state index contributed by atoms with van der Waals surface area (Å²) < 4.78 is 2.27. The minimum atomic E-state index is 0.0832. The number of amides is 1. The molecular formula is C19H20N2O. The van der Waals surface area contributed by atoms with E-state index in [1.54, 1.807) is 7.05 Å². The fourth-order valence-electron chi connectivity index (χ4n) is 2.81. The first-order valence-electron chi connectivity index (χ1n) is 7.59. The Morgan fingerprint density at radius 2 is 1.77 bits per heavy atom. The average Bonchev–Trinajstić information content (AvgIpc) is 2.92. The number of benzene rings is 2. The minimum absolute atomic E-state index is 0.0832. The Bertz CT molecular complexity index is 774. The van der Waals surface area contributed by atoms with E-state index in [1.165, 1.54) is 22.0 Å². The fourth-order valence-corrected chi connectivity index (χ4v) is 2.81. The largest absolute Gasteiger partial charge is 0.359 e. The Labute approximate surface area is 130 Å². The molecule has 0 unspecified atom stereocenters. The second kappa shape index (κ2) is 6.48. The summed E-state index contributed by atoms with van der Waals surface area (Å²) in [4.78, 5) is 11.5. The number of hydrogen-bond donors (Lipinski definition) is 1. The average molecular weight is 292 g/mol. The lowest BCUT2D eigenvalue weighted by atomic mass is 10.1. The van der Waals surface area contributed by atoms with E-state index in [-0.39, 0.29) is 5.91 Å². The molecule has 0 radical (unpaired) electrons. The number of para-hydroxylation sites is 1. The van der Waals surface area contributed by atoms with Crippen molar-refractivity contribution in [1.29, 1.82) is 0 Å². The zero-order valence-corrected chi connectivity index (χ0v) is 12.8. The summed E-state index contributed by atoms with van der Waals surface area (Å²) in [5, 5.41) is 3.92. The number of carbonyl (C=O) groups excluding carboxylic acids is 1. The van der Waals surface area contributed by atoms with Crippen LogP contribution in [0.4, 0.5) is 0 Å². The molecule has 1 heterocycles. The first-order valence-corrected chi connectivity index (χ1v) is 7.59. The monoisotopic (exact) mass is 292 g/mol. The van der Waals surface area contributed by atoms with Crippen LogP contribution >= 0.6 is 0 Å². The SMILES string of the molecule is CNC(=O)CCc1cn(Cc2ccccc2)c2ccccc12. The van der Waals surface area contributed by atoms with Crippen molar-refractivity contribution in [2.45, 2.75) is 19.4 Å². The van der Waals surface area contributed by atoms with Crippen molar-refractivity contribution < 1.29 is 4.79 Å². The molecule has 0 saturated heterocycles. The molecular weight excluding hydrogens is 272 g/mol. The number of nitrogens with one attached hydrogen (secondary N) is 1. The molecule has 0 fully saturated rings. The van der Waals surface area contributed by atoms with E-state index in [0.717, 1.165) is 13.0 Å². The Balaban J connectivity index is 1.92. The molecule has 2 aromatic carbocycles. The summed E-state index contributed by atoms with van der Waals surface area (Å²) in [6.07, 6.45) is 3.47. The summed E-state index contributed by atoms with van der Waals surface area (Å²) in [6.45, 7) is 0.849. The van der Waals surface area contributed by atoms with Crippen LogP contribution in [0.15, 0.2) is 60.8 Å². The van der Waals surface area contributed by atoms with E-state index in [2.05, 4.69) is 64.6 Å². The van der Waals surface area contributed by atoms with Crippen molar-refractivity contribution >= 4 is 16.8 Å². The number of hydrogen-bond acceptors (Lipinski definition) is 1. The number of aryl methyl sites for hydroxylation is 1.